The van der Waals surface area contributed by atoms with Crippen LogP contribution >= 0.6 is 0 Å². The highest BCUT2D eigenvalue weighted by molar-refractivity contribution is 4.80. The molecule has 4 heteroatoms. The molecule has 1 unspecified atom stereocenters. The quantitative estimate of drug-likeness (QED) is 0.711. The van der Waals surface area contributed by atoms with Crippen LogP contribution in [-0.2, 0) is 6.54 Å². The standard InChI is InChI=1S/C12H21N3O/c1-3-13-11(2)7-4-5-9-15-10-6-8-14-12(15)16/h6,8,10-11,13H,3-5,7,9H2,1-2H3. The molecule has 0 radical (unpaired) electrons. The number of aryl methyl sites for hydroxylation is 1. The molecule has 1 rings (SSSR count). The number of aromatic nitrogens is 2. The third kappa shape index (κ3) is 4.57. The minimum atomic E-state index is -0.151. The largest absolute Gasteiger partial charge is 0.347 e. The van der Waals surface area contributed by atoms with Crippen molar-refractivity contribution in [2.45, 2.75) is 45.7 Å². The Kier molecular flexibility index (Phi) is 5.78. The molecular weight excluding hydrogens is 202 g/mol. The van der Waals surface area contributed by atoms with E-state index in [9.17, 15) is 4.79 Å². The number of nitrogens with one attached hydrogen (secondary N) is 1. The summed E-state index contributed by atoms with van der Waals surface area (Å²) in [6.07, 6.45) is 6.65. The zero-order valence-corrected chi connectivity index (χ0v) is 10.1. The van der Waals surface area contributed by atoms with Gasteiger partial charge in [0.15, 0.2) is 0 Å². The smallest absolute Gasteiger partial charge is 0.315 e. The van der Waals surface area contributed by atoms with Crippen LogP contribution in [0.1, 0.15) is 33.1 Å². The zero-order valence-electron chi connectivity index (χ0n) is 10.1. The van der Waals surface area contributed by atoms with Crippen molar-refractivity contribution >= 4 is 0 Å². The molecule has 4 nitrogen and oxygen atoms in total. The van der Waals surface area contributed by atoms with Crippen LogP contribution in [0.5, 0.6) is 0 Å². The fourth-order valence-corrected chi connectivity index (χ4v) is 1.74. The van der Waals surface area contributed by atoms with Crippen LogP contribution in [0.2, 0.25) is 0 Å². The van der Waals surface area contributed by atoms with Crippen molar-refractivity contribution in [3.05, 3.63) is 28.9 Å². The molecule has 1 atom stereocenters. The lowest BCUT2D eigenvalue weighted by Crippen LogP contribution is -2.25. The van der Waals surface area contributed by atoms with Gasteiger partial charge in [-0.1, -0.05) is 13.3 Å². The third-order valence-electron chi connectivity index (χ3n) is 2.62. The van der Waals surface area contributed by atoms with Gasteiger partial charge in [-0.15, -0.1) is 0 Å². The van der Waals surface area contributed by atoms with Crippen LogP contribution in [-0.4, -0.2) is 22.1 Å². The van der Waals surface area contributed by atoms with Gasteiger partial charge in [-0.25, -0.2) is 9.78 Å². The Morgan fingerprint density at radius 3 is 3.00 bits per heavy atom. The number of hydrogen-bond acceptors (Lipinski definition) is 3. The number of hydrogen-bond donors (Lipinski definition) is 1. The summed E-state index contributed by atoms with van der Waals surface area (Å²) in [5.74, 6) is 0. The molecular formula is C12H21N3O. The first kappa shape index (κ1) is 12.9. The maximum atomic E-state index is 11.3. The molecule has 0 aliphatic heterocycles. The predicted molar refractivity (Wildman–Crippen MR) is 65.5 cm³/mol. The predicted octanol–water partition coefficient (Wildman–Crippen LogP) is 1.41. The van der Waals surface area contributed by atoms with E-state index in [1.165, 1.54) is 6.20 Å². The second-order valence-corrected chi connectivity index (χ2v) is 4.05. The Morgan fingerprint density at radius 2 is 2.31 bits per heavy atom. The SMILES string of the molecule is CCNC(C)CCCCn1cccnc1=O. The van der Waals surface area contributed by atoms with E-state index >= 15 is 0 Å². The zero-order chi connectivity index (χ0) is 11.8. The topological polar surface area (TPSA) is 46.9 Å². The van der Waals surface area contributed by atoms with E-state index in [0.717, 1.165) is 32.4 Å². The van der Waals surface area contributed by atoms with Crippen molar-refractivity contribution in [2.24, 2.45) is 0 Å². The Morgan fingerprint density at radius 1 is 1.50 bits per heavy atom. The Balaban J connectivity index is 2.21. The molecule has 0 bridgehead atoms. The van der Waals surface area contributed by atoms with Gasteiger partial charge in [-0.2, -0.15) is 0 Å². The molecule has 1 heterocycles. The highest BCUT2D eigenvalue weighted by Gasteiger charge is 2.00. The van der Waals surface area contributed by atoms with Crippen molar-refractivity contribution in [3.8, 4) is 0 Å². The van der Waals surface area contributed by atoms with E-state index in [2.05, 4.69) is 24.1 Å². The van der Waals surface area contributed by atoms with Gasteiger partial charge in [0.1, 0.15) is 0 Å². The Labute approximate surface area is 96.7 Å². The van der Waals surface area contributed by atoms with Crippen molar-refractivity contribution < 1.29 is 0 Å². The van der Waals surface area contributed by atoms with Crippen molar-refractivity contribution in [3.63, 3.8) is 0 Å². The van der Waals surface area contributed by atoms with Gasteiger partial charge in [0.25, 0.3) is 0 Å². The lowest BCUT2D eigenvalue weighted by atomic mass is 10.1. The second-order valence-electron chi connectivity index (χ2n) is 4.05. The number of nitrogens with zero attached hydrogens (tertiary/aromatic N) is 2. The molecule has 0 aliphatic rings. The van der Waals surface area contributed by atoms with Gasteiger partial charge in [0.2, 0.25) is 0 Å². The molecule has 16 heavy (non-hydrogen) atoms. The van der Waals surface area contributed by atoms with Crippen LogP contribution in [0.3, 0.4) is 0 Å². The normalized spacial score (nSPS) is 12.6. The van der Waals surface area contributed by atoms with Gasteiger partial charge in [0.05, 0.1) is 0 Å². The molecule has 0 saturated carbocycles. The first-order chi connectivity index (χ1) is 7.74. The minimum absolute atomic E-state index is 0.151. The fourth-order valence-electron chi connectivity index (χ4n) is 1.74. The second kappa shape index (κ2) is 7.17. The molecule has 1 aromatic rings. The summed E-state index contributed by atoms with van der Waals surface area (Å²) in [4.78, 5) is 15.0. The average molecular weight is 223 g/mol. The molecule has 90 valence electrons. The first-order valence-electron chi connectivity index (χ1n) is 5.99. The van der Waals surface area contributed by atoms with Crippen LogP contribution in [0, 0.1) is 0 Å². The van der Waals surface area contributed by atoms with Crippen molar-refractivity contribution in [1.29, 1.82) is 0 Å². The van der Waals surface area contributed by atoms with Gasteiger partial charge in [-0.3, -0.25) is 4.57 Å². The lowest BCUT2D eigenvalue weighted by molar-refractivity contribution is 0.481. The molecule has 0 saturated heterocycles. The summed E-state index contributed by atoms with van der Waals surface area (Å²) in [5.41, 5.74) is -0.151. The van der Waals surface area contributed by atoms with Gasteiger partial charge >= 0.3 is 5.69 Å². The minimum Gasteiger partial charge on any atom is -0.315 e. The highest BCUT2D eigenvalue weighted by Crippen LogP contribution is 2.01. The van der Waals surface area contributed by atoms with Crippen LogP contribution in [0.4, 0.5) is 0 Å². The number of rotatable bonds is 7. The molecule has 0 amide bonds. The summed E-state index contributed by atoms with van der Waals surface area (Å²) in [5, 5.41) is 3.37. The molecule has 1 N–H and O–H groups in total. The van der Waals surface area contributed by atoms with E-state index in [0.29, 0.717) is 6.04 Å². The molecule has 0 aromatic carbocycles. The van der Waals surface area contributed by atoms with Crippen molar-refractivity contribution in [2.75, 3.05) is 6.54 Å². The van der Waals surface area contributed by atoms with E-state index in [1.807, 2.05) is 0 Å². The maximum absolute atomic E-state index is 11.3. The average Bonchev–Trinajstić information content (AvgIpc) is 2.27. The number of unbranched alkanes of at least 4 members (excludes halogenated alkanes) is 1. The molecule has 1 aromatic heterocycles. The molecule has 0 spiro atoms. The third-order valence-corrected chi connectivity index (χ3v) is 2.62. The maximum Gasteiger partial charge on any atom is 0.347 e. The van der Waals surface area contributed by atoms with E-state index in [1.54, 1.807) is 16.8 Å². The van der Waals surface area contributed by atoms with Crippen molar-refractivity contribution in [1.82, 2.24) is 14.9 Å². The van der Waals surface area contributed by atoms with Gasteiger partial charge < -0.3 is 5.32 Å². The summed E-state index contributed by atoms with van der Waals surface area (Å²) >= 11 is 0. The summed E-state index contributed by atoms with van der Waals surface area (Å²) in [7, 11) is 0. The lowest BCUT2D eigenvalue weighted by Gasteiger charge is -2.11. The van der Waals surface area contributed by atoms with E-state index < -0.39 is 0 Å². The van der Waals surface area contributed by atoms with Crippen LogP contribution in [0.25, 0.3) is 0 Å². The van der Waals surface area contributed by atoms with Gasteiger partial charge in [-0.05, 0) is 32.4 Å². The fraction of sp³-hybridized carbons (Fsp3) is 0.667. The Hall–Kier alpha value is -1.16. The molecule has 0 fully saturated rings. The summed E-state index contributed by atoms with van der Waals surface area (Å²) in [6.45, 7) is 6.10. The monoisotopic (exact) mass is 223 g/mol. The van der Waals surface area contributed by atoms with E-state index in [4.69, 9.17) is 0 Å². The highest BCUT2D eigenvalue weighted by atomic mass is 16.1. The van der Waals surface area contributed by atoms with Crippen LogP contribution < -0.4 is 11.0 Å². The Bertz CT molecular complexity index is 348. The first-order valence-corrected chi connectivity index (χ1v) is 5.99. The van der Waals surface area contributed by atoms with E-state index in [-0.39, 0.29) is 5.69 Å². The molecule has 0 aliphatic carbocycles. The van der Waals surface area contributed by atoms with Gasteiger partial charge in [0, 0.05) is 25.0 Å². The van der Waals surface area contributed by atoms with Crippen LogP contribution in [0.15, 0.2) is 23.3 Å². The summed E-state index contributed by atoms with van der Waals surface area (Å²) < 4.78 is 1.66. The summed E-state index contributed by atoms with van der Waals surface area (Å²) in [6, 6.07) is 2.36.